The maximum absolute atomic E-state index is 13.7. The monoisotopic (exact) mass is 761 g/mol. The molecule has 49 heavy (non-hydrogen) atoms. The Labute approximate surface area is 289 Å². The van der Waals surface area contributed by atoms with E-state index in [0.717, 1.165) is 30.3 Å². The molecule has 4 aromatic carbocycles. The maximum Gasteiger partial charge on any atom is 0.296 e. The van der Waals surface area contributed by atoms with E-state index in [1.807, 2.05) is 0 Å². The molecule has 0 saturated heterocycles. The van der Waals surface area contributed by atoms with Crippen LogP contribution in [0, 0.1) is 13.8 Å². The Hall–Kier alpha value is -4.49. The van der Waals surface area contributed by atoms with E-state index in [4.69, 9.17) is 28.9 Å². The summed E-state index contributed by atoms with van der Waals surface area (Å²) in [6.45, 7) is 2.94. The van der Waals surface area contributed by atoms with Crippen LogP contribution in [0.15, 0.2) is 75.4 Å². The number of hydrogen-bond acceptors (Lipinski definition) is 12. The number of nitrogens with two attached hydrogens (primary N) is 1. The topological polar surface area (TPSA) is 233 Å². The van der Waals surface area contributed by atoms with Crippen LogP contribution in [0.2, 0.25) is 10.3 Å². The largest absolute Gasteiger partial charge is 0.397 e. The van der Waals surface area contributed by atoms with E-state index in [1.54, 1.807) is 10.2 Å². The Morgan fingerprint density at radius 3 is 1.82 bits per heavy atom. The standard InChI is InChI=1S/C30H21Cl2N5O9S3/c1-13-9-16(48(42,43)37-47(40,41)15-7-8-19-20(11-15)36-30(32)29(31)35-19)10-14(2)26(13)34-21-12-22(49(44,45)46)25(33)24-23(21)27(38)17-5-3-4-6-18(17)28(24)39/h3-12,34,37H,33H2,1-2H3,(H,44,45,46). The highest BCUT2D eigenvalue weighted by Crippen LogP contribution is 2.41. The van der Waals surface area contributed by atoms with E-state index >= 15 is 0 Å². The minimum absolute atomic E-state index is 0.0145. The number of benzene rings is 4. The first kappa shape index (κ1) is 34.4. The number of nitrogens with zero attached hydrogens (tertiary/aromatic N) is 2. The van der Waals surface area contributed by atoms with Crippen LogP contribution in [0.25, 0.3) is 11.0 Å². The summed E-state index contributed by atoms with van der Waals surface area (Å²) in [6.07, 6.45) is 0. The summed E-state index contributed by atoms with van der Waals surface area (Å²) in [5.74, 6) is -1.40. The quantitative estimate of drug-likeness (QED) is 0.129. The third kappa shape index (κ3) is 6.03. The molecule has 5 N–H and O–H groups in total. The normalized spacial score (nSPS) is 13.3. The Morgan fingerprint density at radius 1 is 0.714 bits per heavy atom. The lowest BCUT2D eigenvalue weighted by atomic mass is 9.82. The Kier molecular flexibility index (Phi) is 8.30. The molecule has 0 saturated carbocycles. The van der Waals surface area contributed by atoms with Crippen LogP contribution < -0.4 is 15.2 Å². The zero-order valence-electron chi connectivity index (χ0n) is 24.9. The second-order valence-electron chi connectivity index (χ2n) is 10.9. The molecule has 0 bridgehead atoms. The van der Waals surface area contributed by atoms with Crippen LogP contribution >= 0.6 is 23.2 Å². The van der Waals surface area contributed by atoms with Gasteiger partial charge in [-0.05, 0) is 61.4 Å². The summed E-state index contributed by atoms with van der Waals surface area (Å²) in [6, 6.07) is 12.5. The van der Waals surface area contributed by atoms with Gasteiger partial charge in [0, 0.05) is 16.8 Å². The third-order valence-corrected chi connectivity index (χ3v) is 12.6. The highest BCUT2D eigenvalue weighted by atomic mass is 35.5. The molecule has 6 rings (SSSR count). The Morgan fingerprint density at radius 2 is 1.24 bits per heavy atom. The fourth-order valence-corrected chi connectivity index (χ4v) is 9.43. The van der Waals surface area contributed by atoms with E-state index in [9.17, 15) is 39.4 Å². The van der Waals surface area contributed by atoms with Crippen molar-refractivity contribution >= 4 is 93.0 Å². The van der Waals surface area contributed by atoms with E-state index in [-0.39, 0.29) is 60.5 Å². The molecule has 0 amide bonds. The summed E-state index contributed by atoms with van der Waals surface area (Å²) < 4.78 is 89.3. The zero-order valence-corrected chi connectivity index (χ0v) is 28.9. The van der Waals surface area contributed by atoms with Crippen LogP contribution in [0.1, 0.15) is 43.0 Å². The minimum atomic E-state index is -5.00. The van der Waals surface area contributed by atoms with Crippen LogP contribution in [-0.2, 0) is 30.2 Å². The van der Waals surface area contributed by atoms with Crippen molar-refractivity contribution in [3.8, 4) is 0 Å². The molecule has 0 spiro atoms. The molecule has 1 heterocycles. The fourth-order valence-electron chi connectivity index (χ4n) is 5.42. The molecule has 1 aromatic heterocycles. The molecule has 19 heteroatoms. The van der Waals surface area contributed by atoms with Crippen molar-refractivity contribution in [2.45, 2.75) is 28.5 Å². The predicted octanol–water partition coefficient (Wildman–Crippen LogP) is 4.57. The van der Waals surface area contributed by atoms with Crippen molar-refractivity contribution in [1.29, 1.82) is 0 Å². The van der Waals surface area contributed by atoms with Gasteiger partial charge in [0.25, 0.3) is 30.2 Å². The summed E-state index contributed by atoms with van der Waals surface area (Å²) in [5.41, 5.74) is 5.38. The highest BCUT2D eigenvalue weighted by Gasteiger charge is 2.37. The number of carbonyl (C=O) groups is 2. The van der Waals surface area contributed by atoms with Crippen LogP contribution in [0.3, 0.4) is 0 Å². The molecule has 1 aliphatic carbocycles. The van der Waals surface area contributed by atoms with Gasteiger partial charge in [0.2, 0.25) is 0 Å². The van der Waals surface area contributed by atoms with E-state index in [1.165, 1.54) is 38.1 Å². The molecule has 0 radical (unpaired) electrons. The molecular formula is C30H21Cl2N5O9S3. The molecule has 0 aliphatic heterocycles. The number of fused-ring (bicyclic) bond motifs is 3. The zero-order chi connectivity index (χ0) is 35.8. The van der Waals surface area contributed by atoms with Gasteiger partial charge in [0.15, 0.2) is 21.9 Å². The number of sulfonamides is 2. The van der Waals surface area contributed by atoms with Crippen molar-refractivity contribution in [3.63, 3.8) is 0 Å². The van der Waals surface area contributed by atoms with E-state index < -0.39 is 67.7 Å². The number of halogens is 2. The van der Waals surface area contributed by atoms with Gasteiger partial charge >= 0.3 is 0 Å². The Bertz CT molecular complexity index is 2640. The van der Waals surface area contributed by atoms with E-state index in [2.05, 4.69) is 15.3 Å². The van der Waals surface area contributed by atoms with Gasteiger partial charge in [-0.25, -0.2) is 26.8 Å². The van der Waals surface area contributed by atoms with Crippen molar-refractivity contribution in [2.24, 2.45) is 0 Å². The molecule has 252 valence electrons. The molecule has 5 aromatic rings. The van der Waals surface area contributed by atoms with Crippen LogP contribution in [-0.4, -0.2) is 51.3 Å². The fraction of sp³-hybridized carbons (Fsp3) is 0.0667. The molecular weight excluding hydrogens is 741 g/mol. The average molecular weight is 763 g/mol. The lowest BCUT2D eigenvalue weighted by Gasteiger charge is -2.24. The Balaban J connectivity index is 1.40. The first-order valence-electron chi connectivity index (χ1n) is 13.7. The number of carbonyl (C=O) groups excluding carboxylic acids is 2. The molecule has 0 unspecified atom stereocenters. The van der Waals surface area contributed by atoms with Crippen molar-refractivity contribution in [1.82, 2.24) is 14.1 Å². The molecule has 1 aliphatic rings. The van der Waals surface area contributed by atoms with Gasteiger partial charge in [-0.1, -0.05) is 47.5 Å². The average Bonchev–Trinajstić information content (AvgIpc) is 3.01. The molecule has 0 fully saturated rings. The highest BCUT2D eigenvalue weighted by molar-refractivity contribution is 8.04. The minimum Gasteiger partial charge on any atom is -0.397 e. The number of aromatic nitrogens is 2. The maximum atomic E-state index is 13.7. The second kappa shape index (κ2) is 11.8. The molecule has 14 nitrogen and oxygen atoms in total. The van der Waals surface area contributed by atoms with Gasteiger partial charge < -0.3 is 11.1 Å². The van der Waals surface area contributed by atoms with Gasteiger partial charge in [0.1, 0.15) is 4.90 Å². The summed E-state index contributed by atoms with van der Waals surface area (Å²) in [4.78, 5) is 33.4. The van der Waals surface area contributed by atoms with Gasteiger partial charge in [0.05, 0.1) is 43.3 Å². The lowest BCUT2D eigenvalue weighted by Crippen LogP contribution is -2.31. The molecule has 0 atom stereocenters. The second-order valence-corrected chi connectivity index (χ2v) is 16.6. The third-order valence-electron chi connectivity index (χ3n) is 7.64. The number of ketones is 2. The van der Waals surface area contributed by atoms with Crippen LogP contribution in [0.5, 0.6) is 0 Å². The summed E-state index contributed by atoms with van der Waals surface area (Å²) >= 11 is 11.8. The number of hydrogen-bond donors (Lipinski definition) is 4. The van der Waals surface area contributed by atoms with Crippen molar-refractivity contribution < 1.29 is 39.4 Å². The number of nitrogen functional groups attached to an aromatic ring is 1. The van der Waals surface area contributed by atoms with Gasteiger partial charge in [-0.15, -0.1) is 4.13 Å². The number of nitrogens with one attached hydrogen (secondary N) is 2. The van der Waals surface area contributed by atoms with Crippen molar-refractivity contribution in [2.75, 3.05) is 11.1 Å². The SMILES string of the molecule is Cc1cc(S(=O)(=O)NS(=O)(=O)c2ccc3nc(Cl)c(Cl)nc3c2)cc(C)c1Nc1cc(S(=O)(=O)O)c(N)c2c1C(=O)c1ccccc1C2=O. The first-order chi connectivity index (χ1) is 22.8. The smallest absolute Gasteiger partial charge is 0.296 e. The first-order valence-corrected chi connectivity index (χ1v) is 18.9. The lowest BCUT2D eigenvalue weighted by molar-refractivity contribution is 0.0980. The van der Waals surface area contributed by atoms with Crippen LogP contribution in [0.4, 0.5) is 17.1 Å². The van der Waals surface area contributed by atoms with Gasteiger partial charge in [-0.3, -0.25) is 14.1 Å². The summed E-state index contributed by atoms with van der Waals surface area (Å²) in [7, 11) is -14.4. The van der Waals surface area contributed by atoms with E-state index in [0.29, 0.717) is 0 Å². The van der Waals surface area contributed by atoms with Gasteiger partial charge in [-0.2, -0.15) is 8.42 Å². The number of rotatable bonds is 7. The van der Waals surface area contributed by atoms with Crippen molar-refractivity contribution in [3.05, 3.63) is 104 Å². The predicted molar refractivity (Wildman–Crippen MR) is 180 cm³/mol. The number of aryl methyl sites for hydroxylation is 2. The number of anilines is 3. The summed E-state index contributed by atoms with van der Waals surface area (Å²) in [5, 5.41) is 2.61.